The monoisotopic (exact) mass is 348 g/mol. The van der Waals surface area contributed by atoms with Crippen LogP contribution >= 0.6 is 15.9 Å². The van der Waals surface area contributed by atoms with E-state index in [2.05, 4.69) is 26.1 Å². The van der Waals surface area contributed by atoms with Crippen molar-refractivity contribution >= 4 is 27.5 Å². The van der Waals surface area contributed by atoms with Crippen LogP contribution < -0.4 is 5.73 Å². The number of hydrogen-bond acceptors (Lipinski definition) is 3. The van der Waals surface area contributed by atoms with E-state index < -0.39 is 0 Å². The number of nitrogen functional groups attached to an aromatic ring is 1. The summed E-state index contributed by atoms with van der Waals surface area (Å²) in [5, 5.41) is 7.02. The largest absolute Gasteiger partial charge is 0.395 e. The quantitative estimate of drug-likeness (QED) is 0.891. The van der Waals surface area contributed by atoms with Crippen LogP contribution in [0.2, 0.25) is 0 Å². The summed E-state index contributed by atoms with van der Waals surface area (Å²) in [6, 6.07) is 7.89. The van der Waals surface area contributed by atoms with Gasteiger partial charge in [0, 0.05) is 24.0 Å². The van der Waals surface area contributed by atoms with Gasteiger partial charge in [0.1, 0.15) is 0 Å². The fourth-order valence-corrected chi connectivity index (χ4v) is 2.59. The Morgan fingerprint density at radius 2 is 2.10 bits per heavy atom. The molecular weight excluding hydrogens is 332 g/mol. The highest BCUT2D eigenvalue weighted by atomic mass is 79.9. The first kappa shape index (κ1) is 14.1. The van der Waals surface area contributed by atoms with Gasteiger partial charge >= 0.3 is 0 Å². The van der Waals surface area contributed by atoms with E-state index >= 15 is 0 Å². The number of hydrogen-bond donors (Lipinski definition) is 2. The van der Waals surface area contributed by atoms with Crippen molar-refractivity contribution in [2.75, 3.05) is 12.8 Å². The number of aromatic nitrogens is 2. The lowest BCUT2D eigenvalue weighted by atomic mass is 10.2. The molecular formula is C15H17BrN4O. The molecule has 1 saturated carbocycles. The topological polar surface area (TPSA) is 75.0 Å². The van der Waals surface area contributed by atoms with E-state index in [1.807, 2.05) is 24.3 Å². The zero-order chi connectivity index (χ0) is 15.0. The molecule has 3 N–H and O–H groups in total. The second-order valence-electron chi connectivity index (χ2n) is 5.46. The molecule has 0 bridgehead atoms. The Morgan fingerprint density at radius 1 is 1.43 bits per heavy atom. The average Bonchev–Trinajstić information content (AvgIpc) is 3.24. The minimum Gasteiger partial charge on any atom is -0.395 e. The lowest BCUT2D eigenvalue weighted by molar-refractivity contribution is 0.0780. The van der Waals surface area contributed by atoms with Crippen molar-refractivity contribution in [3.8, 4) is 0 Å². The molecule has 0 atom stereocenters. The molecule has 5 nitrogen and oxygen atoms in total. The van der Waals surface area contributed by atoms with Crippen molar-refractivity contribution in [3.05, 3.63) is 45.7 Å². The number of carbonyl (C=O) groups is 1. The standard InChI is InChI=1S/C15H17BrN4O/c1-20(8-9-2-6-11(16)7-3-9)15(21)14-12(17)13(18-19-14)10-4-5-10/h2-3,6-7,10H,4-5,8,17H2,1H3,(H,18,19). The number of nitrogens with one attached hydrogen (secondary N) is 1. The first-order valence-corrected chi connectivity index (χ1v) is 7.69. The number of carbonyl (C=O) groups excluding carboxylic acids is 1. The van der Waals surface area contributed by atoms with Gasteiger partial charge in [-0.1, -0.05) is 28.1 Å². The normalized spacial score (nSPS) is 14.2. The van der Waals surface area contributed by atoms with Gasteiger partial charge in [-0.05, 0) is 30.5 Å². The smallest absolute Gasteiger partial charge is 0.276 e. The Balaban J connectivity index is 1.73. The fraction of sp³-hybridized carbons (Fsp3) is 0.333. The highest BCUT2D eigenvalue weighted by Crippen LogP contribution is 2.42. The van der Waals surface area contributed by atoms with Crippen LogP contribution in [0.25, 0.3) is 0 Å². The maximum atomic E-state index is 12.4. The highest BCUT2D eigenvalue weighted by Gasteiger charge is 2.31. The first-order chi connectivity index (χ1) is 10.1. The van der Waals surface area contributed by atoms with Gasteiger partial charge in [-0.25, -0.2) is 0 Å². The van der Waals surface area contributed by atoms with Crippen LogP contribution in [0.1, 0.15) is 40.5 Å². The average molecular weight is 349 g/mol. The van der Waals surface area contributed by atoms with Crippen molar-refractivity contribution in [3.63, 3.8) is 0 Å². The Labute approximate surface area is 131 Å². The fourth-order valence-electron chi connectivity index (χ4n) is 2.33. The molecule has 0 radical (unpaired) electrons. The molecule has 0 spiro atoms. The summed E-state index contributed by atoms with van der Waals surface area (Å²) >= 11 is 3.40. The van der Waals surface area contributed by atoms with Gasteiger partial charge in [0.25, 0.3) is 5.91 Å². The summed E-state index contributed by atoms with van der Waals surface area (Å²) < 4.78 is 1.02. The zero-order valence-electron chi connectivity index (χ0n) is 11.8. The van der Waals surface area contributed by atoms with Crippen LogP contribution in [0, 0.1) is 0 Å². The molecule has 2 aromatic rings. The van der Waals surface area contributed by atoms with Gasteiger partial charge in [0.2, 0.25) is 0 Å². The van der Waals surface area contributed by atoms with Crippen LogP contribution in [0.3, 0.4) is 0 Å². The second kappa shape index (κ2) is 5.52. The maximum Gasteiger partial charge on any atom is 0.276 e. The minimum absolute atomic E-state index is 0.154. The van der Waals surface area contributed by atoms with Gasteiger partial charge in [0.15, 0.2) is 5.69 Å². The molecule has 1 fully saturated rings. The molecule has 110 valence electrons. The summed E-state index contributed by atoms with van der Waals surface area (Å²) in [6.45, 7) is 0.525. The molecule has 1 aliphatic carbocycles. The molecule has 0 aliphatic heterocycles. The van der Waals surface area contributed by atoms with Gasteiger partial charge in [-0.3, -0.25) is 9.89 Å². The Morgan fingerprint density at radius 3 is 2.71 bits per heavy atom. The summed E-state index contributed by atoms with van der Waals surface area (Å²) in [5.41, 5.74) is 8.86. The third kappa shape index (κ3) is 2.95. The van der Waals surface area contributed by atoms with Crippen LogP contribution in [-0.2, 0) is 6.54 Å². The predicted octanol–water partition coefficient (Wildman–Crippen LogP) is 2.90. The summed E-state index contributed by atoms with van der Waals surface area (Å²) in [5.74, 6) is 0.300. The van der Waals surface area contributed by atoms with E-state index in [-0.39, 0.29) is 5.91 Å². The van der Waals surface area contributed by atoms with E-state index in [9.17, 15) is 4.79 Å². The van der Waals surface area contributed by atoms with E-state index in [1.165, 1.54) is 0 Å². The lowest BCUT2D eigenvalue weighted by Crippen LogP contribution is -2.27. The molecule has 1 aliphatic rings. The van der Waals surface area contributed by atoms with Gasteiger partial charge in [-0.2, -0.15) is 5.10 Å². The van der Waals surface area contributed by atoms with Crippen LogP contribution in [0.15, 0.2) is 28.7 Å². The summed E-state index contributed by atoms with van der Waals surface area (Å²) in [4.78, 5) is 14.1. The number of anilines is 1. The van der Waals surface area contributed by atoms with Crippen LogP contribution in [-0.4, -0.2) is 28.1 Å². The highest BCUT2D eigenvalue weighted by molar-refractivity contribution is 9.10. The maximum absolute atomic E-state index is 12.4. The van der Waals surface area contributed by atoms with Crippen molar-refractivity contribution in [2.24, 2.45) is 0 Å². The van der Waals surface area contributed by atoms with Crippen molar-refractivity contribution < 1.29 is 4.79 Å². The SMILES string of the molecule is CN(Cc1ccc(Br)cc1)C(=O)c1n[nH]c(C2CC2)c1N. The molecule has 6 heteroatoms. The third-order valence-corrected chi connectivity index (χ3v) is 4.23. The zero-order valence-corrected chi connectivity index (χ0v) is 13.4. The molecule has 1 aromatic heterocycles. The number of benzene rings is 1. The number of H-pyrrole nitrogens is 1. The minimum atomic E-state index is -0.154. The van der Waals surface area contributed by atoms with Crippen molar-refractivity contribution in [1.29, 1.82) is 0 Å². The number of halogens is 1. The molecule has 1 amide bonds. The van der Waals surface area contributed by atoms with E-state index in [4.69, 9.17) is 5.73 Å². The third-order valence-electron chi connectivity index (χ3n) is 3.70. The molecule has 1 heterocycles. The number of rotatable bonds is 4. The second-order valence-corrected chi connectivity index (χ2v) is 6.38. The van der Waals surface area contributed by atoms with Crippen LogP contribution in [0.5, 0.6) is 0 Å². The Kier molecular flexibility index (Phi) is 3.71. The van der Waals surface area contributed by atoms with E-state index in [0.29, 0.717) is 23.8 Å². The number of amides is 1. The summed E-state index contributed by atoms with van der Waals surface area (Å²) in [7, 11) is 1.76. The Hall–Kier alpha value is -1.82. The molecule has 0 unspecified atom stereocenters. The van der Waals surface area contributed by atoms with Crippen molar-refractivity contribution in [2.45, 2.75) is 25.3 Å². The van der Waals surface area contributed by atoms with E-state index in [1.54, 1.807) is 11.9 Å². The number of aromatic amines is 1. The lowest BCUT2D eigenvalue weighted by Gasteiger charge is -2.16. The number of nitrogens with zero attached hydrogens (tertiary/aromatic N) is 2. The molecule has 21 heavy (non-hydrogen) atoms. The summed E-state index contributed by atoms with van der Waals surface area (Å²) in [6.07, 6.45) is 2.24. The van der Waals surface area contributed by atoms with Crippen molar-refractivity contribution in [1.82, 2.24) is 15.1 Å². The predicted molar refractivity (Wildman–Crippen MR) is 84.9 cm³/mol. The van der Waals surface area contributed by atoms with Gasteiger partial charge < -0.3 is 10.6 Å². The van der Waals surface area contributed by atoms with Crippen LogP contribution in [0.4, 0.5) is 5.69 Å². The molecule has 1 aromatic carbocycles. The first-order valence-electron chi connectivity index (χ1n) is 6.90. The van der Waals surface area contributed by atoms with Gasteiger partial charge in [0.05, 0.1) is 11.4 Å². The van der Waals surface area contributed by atoms with Gasteiger partial charge in [-0.15, -0.1) is 0 Å². The number of nitrogens with two attached hydrogens (primary N) is 1. The van der Waals surface area contributed by atoms with E-state index in [0.717, 1.165) is 28.6 Å². The Bertz CT molecular complexity index is 661. The molecule has 3 rings (SSSR count). The molecule has 0 saturated heterocycles.